The second kappa shape index (κ2) is 16.4. The van der Waals surface area contributed by atoms with Gasteiger partial charge in [0.1, 0.15) is 73.2 Å². The van der Waals surface area contributed by atoms with E-state index in [0.29, 0.717) is 0 Å². The number of rotatable bonds is 8. The zero-order valence-corrected chi connectivity index (χ0v) is 29.1. The van der Waals surface area contributed by atoms with Crippen molar-refractivity contribution < 1.29 is 128 Å². The summed E-state index contributed by atoms with van der Waals surface area (Å²) in [5, 5.41) is 103. The van der Waals surface area contributed by atoms with Gasteiger partial charge in [-0.05, 0) is 20.8 Å². The molecule has 12 unspecified atom stereocenters. The molecule has 0 aromatic carbocycles. The zero-order valence-electron chi connectivity index (χ0n) is 24.4. The van der Waals surface area contributed by atoms with E-state index in [4.69, 9.17) is 38.9 Å². The van der Waals surface area contributed by atoms with E-state index in [1.165, 1.54) is 20.8 Å². The molecule has 11 N–H and O–H groups in total. The van der Waals surface area contributed by atoms with Gasteiger partial charge in [-0.1, -0.05) is 6.04 Å². The predicted octanol–water partition coefficient (Wildman–Crippen LogP) is -5.56. The van der Waals surface area contributed by atoms with Crippen molar-refractivity contribution in [3.8, 4) is 0 Å². The van der Waals surface area contributed by atoms with Crippen LogP contribution < -0.4 is 0 Å². The minimum absolute atomic E-state index is 0. The summed E-state index contributed by atoms with van der Waals surface area (Å²) in [6.07, 6.45) is -28.2. The number of hydrogen-bond acceptors (Lipinski definition) is 17. The van der Waals surface area contributed by atoms with Crippen LogP contribution in [0.15, 0.2) is 0 Å². The van der Waals surface area contributed by atoms with Crippen molar-refractivity contribution in [1.29, 1.82) is 0 Å². The second-order valence-electron chi connectivity index (χ2n) is 11.5. The van der Waals surface area contributed by atoms with Gasteiger partial charge < -0.3 is 90.0 Å². The van der Waals surface area contributed by atoms with E-state index in [2.05, 4.69) is 0 Å². The number of nitrogens with one attached hydrogen (secondary N) is 1. The third-order valence-electron chi connectivity index (χ3n) is 8.43. The molecule has 4 fully saturated rings. The van der Waals surface area contributed by atoms with Crippen LogP contribution in [-0.4, -0.2) is 187 Å². The molecule has 255 valence electrons. The van der Waals surface area contributed by atoms with Crippen LogP contribution >= 0.6 is 0 Å². The van der Waals surface area contributed by atoms with Crippen LogP contribution in [-0.2, 0) is 33.2 Å². The molecule has 4 heterocycles. The minimum atomic E-state index is -1.84. The van der Waals surface area contributed by atoms with E-state index >= 15 is 0 Å². The summed E-state index contributed by atoms with van der Waals surface area (Å²) >= 11 is 0. The van der Waals surface area contributed by atoms with Crippen LogP contribution in [0.2, 0.25) is 0 Å². The van der Waals surface area contributed by atoms with Gasteiger partial charge in [0.05, 0.1) is 31.5 Å². The maximum atomic E-state index is 11.0. The molecule has 4 aliphatic heterocycles. The van der Waals surface area contributed by atoms with Crippen molar-refractivity contribution in [3.05, 3.63) is 5.73 Å². The van der Waals surface area contributed by atoms with Crippen LogP contribution in [0.1, 0.15) is 20.8 Å². The molecule has 4 rings (SSSR count). The summed E-state index contributed by atoms with van der Waals surface area (Å²) in [6.45, 7) is 2.91. The van der Waals surface area contributed by atoms with E-state index in [-0.39, 0.29) is 44.1 Å². The smallest absolute Gasteiger partial charge is 0.187 e. The Kier molecular flexibility index (Phi) is 14.6. The van der Waals surface area contributed by atoms with E-state index in [1.54, 1.807) is 0 Å². The number of aliphatic hydroxyl groups is 10. The van der Waals surface area contributed by atoms with E-state index in [1.807, 2.05) is 0 Å². The Labute approximate surface area is 289 Å². The molecule has 0 aromatic rings. The molecule has 18 nitrogen and oxygen atoms in total. The van der Waals surface area contributed by atoms with Crippen molar-refractivity contribution in [2.75, 3.05) is 13.2 Å². The first-order valence-electron chi connectivity index (χ1n) is 14.2. The Morgan fingerprint density at radius 2 is 0.932 bits per heavy atom. The van der Waals surface area contributed by atoms with Gasteiger partial charge in [-0.15, -0.1) is 0 Å². The molecule has 0 aromatic heterocycles. The summed E-state index contributed by atoms with van der Waals surface area (Å²) in [5.74, 6) is 0. The number of aliphatic hydroxyl groups excluding tert-OH is 10. The molecular weight excluding hydrogens is 813 g/mol. The summed E-state index contributed by atoms with van der Waals surface area (Å²) in [4.78, 5) is 0. The molecular formula is C25H44AcNO17-. The maximum absolute atomic E-state index is 11.0. The Morgan fingerprint density at radius 3 is 1.41 bits per heavy atom. The van der Waals surface area contributed by atoms with Crippen molar-refractivity contribution in [2.45, 2.75) is 143 Å². The maximum Gasteiger partial charge on any atom is 0.187 e. The fraction of sp³-hybridized carbons (Fsp3) is 1.00. The standard InChI is InChI=1S/C25H44NO17.Ac/c1-6-11(26)21(42-23-18(35)15(32)12(29)7(2)38-23)20(10(5-28)37-6)41-25-22(17(34)14(31)9(4-27)40-25)43-24-19(36)16(33)13(30)8(3)39-24;/h6-36H,4-5H2,1-3H3;/q-1;/t6-,7?,8?,9?,10?,11?,12+,13+,14-,15?,16?,17?,18?,19?,20-,21?,22?,23-,24-,25-;/m0./s1. The summed E-state index contributed by atoms with van der Waals surface area (Å²) < 4.78 is 40.1. The summed E-state index contributed by atoms with van der Waals surface area (Å²) in [6, 6.07) is -1.25. The molecule has 0 spiro atoms. The summed E-state index contributed by atoms with van der Waals surface area (Å²) in [7, 11) is 0. The third-order valence-corrected chi connectivity index (χ3v) is 8.43. The zero-order chi connectivity index (χ0) is 31.9. The van der Waals surface area contributed by atoms with Gasteiger partial charge in [-0.25, -0.2) is 0 Å². The van der Waals surface area contributed by atoms with Gasteiger partial charge in [0, 0.05) is 50.2 Å². The van der Waals surface area contributed by atoms with Gasteiger partial charge in [0.15, 0.2) is 18.9 Å². The quantitative estimate of drug-likeness (QED) is 0.109. The number of hydrogen-bond donors (Lipinski definition) is 10. The Hall–Kier alpha value is 0.722. The van der Waals surface area contributed by atoms with Crippen LogP contribution in [0.5, 0.6) is 0 Å². The topological polar surface area (TPSA) is 291 Å². The Balaban J connectivity index is 0.00000529. The van der Waals surface area contributed by atoms with Gasteiger partial charge in [0.25, 0.3) is 0 Å². The van der Waals surface area contributed by atoms with Crippen LogP contribution in [0.3, 0.4) is 0 Å². The number of ether oxygens (including phenoxy) is 7. The summed E-state index contributed by atoms with van der Waals surface area (Å²) in [5.41, 5.74) is 8.70. The first-order chi connectivity index (χ1) is 20.2. The fourth-order valence-corrected chi connectivity index (χ4v) is 5.62. The van der Waals surface area contributed by atoms with Crippen molar-refractivity contribution in [1.82, 2.24) is 0 Å². The average Bonchev–Trinajstić information content (AvgIpc) is 2.98. The van der Waals surface area contributed by atoms with Crippen LogP contribution in [0.25, 0.3) is 5.73 Å². The van der Waals surface area contributed by atoms with Gasteiger partial charge >= 0.3 is 0 Å². The molecule has 20 atom stereocenters. The first kappa shape index (κ1) is 39.2. The van der Waals surface area contributed by atoms with Gasteiger partial charge in [0.2, 0.25) is 0 Å². The van der Waals surface area contributed by atoms with E-state index in [0.717, 1.165) is 0 Å². The van der Waals surface area contributed by atoms with E-state index in [9.17, 15) is 51.1 Å². The molecule has 4 saturated heterocycles. The molecule has 19 heteroatoms. The predicted molar refractivity (Wildman–Crippen MR) is 137 cm³/mol. The largest absolute Gasteiger partial charge is 0.670 e. The average molecular weight is 858 g/mol. The fourth-order valence-electron chi connectivity index (χ4n) is 5.62. The third kappa shape index (κ3) is 7.95. The molecule has 44 heavy (non-hydrogen) atoms. The Bertz CT molecular complexity index is 898. The van der Waals surface area contributed by atoms with Crippen molar-refractivity contribution >= 4 is 0 Å². The Morgan fingerprint density at radius 1 is 0.477 bits per heavy atom. The molecule has 1 radical (unpaired) electrons. The molecule has 0 saturated carbocycles. The van der Waals surface area contributed by atoms with Crippen LogP contribution in [0.4, 0.5) is 0 Å². The normalized spacial score (nSPS) is 53.6. The van der Waals surface area contributed by atoms with Gasteiger partial charge in [-0.3, -0.25) is 0 Å². The van der Waals surface area contributed by atoms with Crippen molar-refractivity contribution in [3.63, 3.8) is 0 Å². The van der Waals surface area contributed by atoms with E-state index < -0.39 is 136 Å². The van der Waals surface area contributed by atoms with Crippen LogP contribution in [0, 0.1) is 44.1 Å². The molecule has 4 aliphatic rings. The SMILES string of the molecule is CC1O[C@@H](OC2C(O)[C@@H](O)C(CO)O[C@H]2O[C@H]2C(CO)O[C@@H](C)C([NH-])C2O[C@@H]2OC(C)[C@@H](O)C(O)C2O)C(O)C(O)[C@@H]1O.[Ac]. The molecule has 0 aliphatic carbocycles. The second-order valence-corrected chi connectivity index (χ2v) is 11.5. The van der Waals surface area contributed by atoms with Gasteiger partial charge in [-0.2, -0.15) is 0 Å². The monoisotopic (exact) mass is 857 g/mol. The molecule has 0 amide bonds. The van der Waals surface area contributed by atoms with Crippen molar-refractivity contribution in [2.24, 2.45) is 0 Å². The molecule has 0 bridgehead atoms. The first-order valence-corrected chi connectivity index (χ1v) is 14.2. The minimum Gasteiger partial charge on any atom is -0.670 e.